The van der Waals surface area contributed by atoms with Gasteiger partial charge in [-0.15, -0.1) is 0 Å². The number of para-hydroxylation sites is 1. The quantitative estimate of drug-likeness (QED) is 0.876. The molecule has 0 aromatic heterocycles. The van der Waals surface area contributed by atoms with Crippen LogP contribution in [0.25, 0.3) is 0 Å². The standard InChI is InChI=1S/C13H18F2N2O2S/c14-13(15)20(18,19)12-7-2-1-6-11(12)17-9-10-5-3-4-8-16-10/h1-2,6-7,10,13,16-17H,3-5,8-9H2. The molecule has 112 valence electrons. The highest BCUT2D eigenvalue weighted by molar-refractivity contribution is 7.91. The van der Waals surface area contributed by atoms with E-state index in [1.165, 1.54) is 18.2 Å². The second-order valence-corrected chi connectivity index (χ2v) is 6.72. The summed E-state index contributed by atoms with van der Waals surface area (Å²) >= 11 is 0. The number of piperidine rings is 1. The largest absolute Gasteiger partial charge is 0.382 e. The average molecular weight is 304 g/mol. The molecule has 1 aliphatic heterocycles. The predicted molar refractivity (Wildman–Crippen MR) is 73.8 cm³/mol. The maximum absolute atomic E-state index is 12.6. The van der Waals surface area contributed by atoms with Crippen molar-refractivity contribution in [2.75, 3.05) is 18.4 Å². The molecule has 1 aromatic carbocycles. The lowest BCUT2D eigenvalue weighted by molar-refractivity contribution is 0.235. The summed E-state index contributed by atoms with van der Waals surface area (Å²) in [4.78, 5) is -0.342. The third-order valence-corrected chi connectivity index (χ3v) is 4.82. The first-order valence-electron chi connectivity index (χ1n) is 6.60. The second kappa shape index (κ2) is 6.49. The fourth-order valence-corrected chi connectivity index (χ4v) is 3.20. The summed E-state index contributed by atoms with van der Waals surface area (Å²) < 4.78 is 48.5. The number of hydrogen-bond acceptors (Lipinski definition) is 4. The second-order valence-electron chi connectivity index (χ2n) is 4.83. The predicted octanol–water partition coefficient (Wildman–Crippen LogP) is 2.24. The summed E-state index contributed by atoms with van der Waals surface area (Å²) in [5.41, 5.74) is 0.236. The zero-order valence-corrected chi connectivity index (χ0v) is 11.8. The molecule has 1 aromatic rings. The highest BCUT2D eigenvalue weighted by atomic mass is 32.2. The Labute approximate surface area is 117 Å². The van der Waals surface area contributed by atoms with E-state index in [1.807, 2.05) is 0 Å². The third-order valence-electron chi connectivity index (χ3n) is 3.38. The zero-order chi connectivity index (χ0) is 14.6. The summed E-state index contributed by atoms with van der Waals surface area (Å²) in [7, 11) is -4.58. The highest BCUT2D eigenvalue weighted by Crippen LogP contribution is 2.26. The molecule has 1 atom stereocenters. The molecule has 1 saturated heterocycles. The Kier molecular flexibility index (Phi) is 4.93. The SMILES string of the molecule is O=S(=O)(c1ccccc1NCC1CCCCN1)C(F)F. The van der Waals surface area contributed by atoms with Gasteiger partial charge < -0.3 is 10.6 Å². The van der Waals surface area contributed by atoms with Gasteiger partial charge in [-0.1, -0.05) is 18.6 Å². The van der Waals surface area contributed by atoms with Crippen LogP contribution in [0.3, 0.4) is 0 Å². The summed E-state index contributed by atoms with van der Waals surface area (Å²) in [5, 5.41) is 6.28. The van der Waals surface area contributed by atoms with Crippen LogP contribution in [0.5, 0.6) is 0 Å². The molecule has 20 heavy (non-hydrogen) atoms. The minimum Gasteiger partial charge on any atom is -0.382 e. The van der Waals surface area contributed by atoms with Crippen LogP contribution in [0.15, 0.2) is 29.2 Å². The van der Waals surface area contributed by atoms with Gasteiger partial charge in [0.05, 0.1) is 10.6 Å². The molecule has 1 heterocycles. The van der Waals surface area contributed by atoms with E-state index in [9.17, 15) is 17.2 Å². The summed E-state index contributed by atoms with van der Waals surface area (Å²) in [6, 6.07) is 6.03. The molecule has 0 spiro atoms. The molecule has 0 aliphatic carbocycles. The fourth-order valence-electron chi connectivity index (χ4n) is 2.29. The Balaban J connectivity index is 2.12. The Morgan fingerprint density at radius 1 is 1.30 bits per heavy atom. The van der Waals surface area contributed by atoms with Gasteiger partial charge in [0.25, 0.3) is 0 Å². The van der Waals surface area contributed by atoms with Crippen molar-refractivity contribution in [3.63, 3.8) is 0 Å². The van der Waals surface area contributed by atoms with Gasteiger partial charge in [-0.05, 0) is 31.5 Å². The van der Waals surface area contributed by atoms with Gasteiger partial charge >= 0.3 is 5.76 Å². The molecule has 4 nitrogen and oxygen atoms in total. The minimum absolute atomic E-state index is 0.236. The van der Waals surface area contributed by atoms with Crippen molar-refractivity contribution in [1.29, 1.82) is 0 Å². The molecule has 0 radical (unpaired) electrons. The van der Waals surface area contributed by atoms with Crippen LogP contribution >= 0.6 is 0 Å². The molecular weight excluding hydrogens is 286 g/mol. The van der Waals surface area contributed by atoms with Gasteiger partial charge in [-0.3, -0.25) is 0 Å². The summed E-state index contributed by atoms with van der Waals surface area (Å²) in [5.74, 6) is -3.40. The molecular formula is C13H18F2N2O2S. The van der Waals surface area contributed by atoms with E-state index < -0.39 is 15.6 Å². The van der Waals surface area contributed by atoms with Crippen LogP contribution in [0.4, 0.5) is 14.5 Å². The number of rotatable bonds is 5. The normalized spacial score (nSPS) is 20.1. The first kappa shape index (κ1) is 15.2. The number of benzene rings is 1. The van der Waals surface area contributed by atoms with E-state index in [2.05, 4.69) is 10.6 Å². The van der Waals surface area contributed by atoms with Gasteiger partial charge in [-0.2, -0.15) is 8.78 Å². The maximum Gasteiger partial charge on any atom is 0.341 e. The lowest BCUT2D eigenvalue weighted by Crippen LogP contribution is -2.39. The van der Waals surface area contributed by atoms with E-state index in [0.29, 0.717) is 6.54 Å². The Morgan fingerprint density at radius 2 is 2.05 bits per heavy atom. The van der Waals surface area contributed by atoms with Crippen molar-refractivity contribution in [2.24, 2.45) is 0 Å². The first-order chi connectivity index (χ1) is 9.51. The van der Waals surface area contributed by atoms with Gasteiger partial charge in [0.1, 0.15) is 0 Å². The van der Waals surface area contributed by atoms with Crippen LogP contribution in [0.1, 0.15) is 19.3 Å². The lowest BCUT2D eigenvalue weighted by atomic mass is 10.1. The minimum atomic E-state index is -4.58. The van der Waals surface area contributed by atoms with Crippen molar-refractivity contribution in [3.8, 4) is 0 Å². The van der Waals surface area contributed by atoms with Crippen LogP contribution in [0.2, 0.25) is 0 Å². The van der Waals surface area contributed by atoms with E-state index >= 15 is 0 Å². The number of alkyl halides is 2. The van der Waals surface area contributed by atoms with Crippen LogP contribution in [-0.4, -0.2) is 33.3 Å². The fraction of sp³-hybridized carbons (Fsp3) is 0.538. The van der Waals surface area contributed by atoms with Crippen molar-refractivity contribution < 1.29 is 17.2 Å². The molecule has 1 unspecified atom stereocenters. The van der Waals surface area contributed by atoms with Gasteiger partial charge in [0.15, 0.2) is 0 Å². The van der Waals surface area contributed by atoms with E-state index in [0.717, 1.165) is 25.8 Å². The molecule has 2 N–H and O–H groups in total. The topological polar surface area (TPSA) is 58.2 Å². The molecule has 1 aliphatic rings. The van der Waals surface area contributed by atoms with Crippen LogP contribution in [-0.2, 0) is 9.84 Å². The van der Waals surface area contributed by atoms with E-state index in [4.69, 9.17) is 0 Å². The van der Waals surface area contributed by atoms with Crippen molar-refractivity contribution in [2.45, 2.75) is 36.0 Å². The van der Waals surface area contributed by atoms with Crippen LogP contribution in [0, 0.1) is 0 Å². The number of anilines is 1. The maximum atomic E-state index is 12.6. The Hall–Kier alpha value is -1.21. The average Bonchev–Trinajstić information content (AvgIpc) is 2.46. The molecule has 0 amide bonds. The Bertz CT molecular complexity index is 543. The number of hydrogen-bond donors (Lipinski definition) is 2. The number of nitrogens with one attached hydrogen (secondary N) is 2. The molecule has 0 bridgehead atoms. The number of sulfone groups is 1. The first-order valence-corrected chi connectivity index (χ1v) is 8.15. The van der Waals surface area contributed by atoms with Gasteiger partial charge in [-0.25, -0.2) is 8.42 Å². The van der Waals surface area contributed by atoms with Crippen LogP contribution < -0.4 is 10.6 Å². The highest BCUT2D eigenvalue weighted by Gasteiger charge is 2.29. The molecule has 7 heteroatoms. The Morgan fingerprint density at radius 3 is 2.70 bits per heavy atom. The lowest BCUT2D eigenvalue weighted by Gasteiger charge is -2.24. The van der Waals surface area contributed by atoms with Crippen molar-refractivity contribution in [3.05, 3.63) is 24.3 Å². The monoisotopic (exact) mass is 304 g/mol. The van der Waals surface area contributed by atoms with E-state index in [-0.39, 0.29) is 16.6 Å². The number of halogens is 2. The molecule has 1 fully saturated rings. The van der Waals surface area contributed by atoms with Crippen molar-refractivity contribution >= 4 is 15.5 Å². The smallest absolute Gasteiger partial charge is 0.341 e. The summed E-state index contributed by atoms with van der Waals surface area (Å²) in [6.07, 6.45) is 3.25. The van der Waals surface area contributed by atoms with Gasteiger partial charge in [0.2, 0.25) is 9.84 Å². The van der Waals surface area contributed by atoms with Crippen molar-refractivity contribution in [1.82, 2.24) is 5.32 Å². The third kappa shape index (κ3) is 3.46. The van der Waals surface area contributed by atoms with E-state index in [1.54, 1.807) is 6.07 Å². The summed E-state index contributed by atoms with van der Waals surface area (Å²) in [6.45, 7) is 1.46. The zero-order valence-electron chi connectivity index (χ0n) is 11.0. The molecule has 0 saturated carbocycles. The van der Waals surface area contributed by atoms with Gasteiger partial charge in [0, 0.05) is 12.6 Å². The molecule has 2 rings (SSSR count).